The van der Waals surface area contributed by atoms with Crippen molar-refractivity contribution < 1.29 is 4.79 Å². The second-order valence-electron chi connectivity index (χ2n) is 4.54. The molecule has 4 nitrogen and oxygen atoms in total. The summed E-state index contributed by atoms with van der Waals surface area (Å²) in [6.45, 7) is 3.97. The van der Waals surface area contributed by atoms with E-state index in [2.05, 4.69) is 26.0 Å². The number of nitrogens with zero attached hydrogens (tertiary/aromatic N) is 3. The van der Waals surface area contributed by atoms with E-state index in [9.17, 15) is 4.79 Å². The molecule has 0 amide bonds. The number of pyridine rings is 1. The van der Waals surface area contributed by atoms with Crippen molar-refractivity contribution in [3.05, 3.63) is 45.4 Å². The maximum atomic E-state index is 12.3. The van der Waals surface area contributed by atoms with Gasteiger partial charge in [-0.3, -0.25) is 14.5 Å². The average Bonchev–Trinajstić information content (AvgIpc) is 2.66. The number of carbonyl (C=O) groups excluding carboxylic acids is 1. The molecule has 0 saturated carbocycles. The minimum Gasteiger partial charge on any atom is -0.294 e. The zero-order chi connectivity index (χ0) is 14.0. The van der Waals surface area contributed by atoms with Crippen molar-refractivity contribution in [2.45, 2.75) is 26.7 Å². The van der Waals surface area contributed by atoms with E-state index in [-0.39, 0.29) is 5.78 Å². The molecule has 0 N–H and O–H groups in total. The fraction of sp³-hybridized carbons (Fsp3) is 0.357. The molecular formula is C14H16BrN3O. The van der Waals surface area contributed by atoms with E-state index in [1.807, 2.05) is 27.0 Å². The van der Waals surface area contributed by atoms with Gasteiger partial charge in [0.2, 0.25) is 0 Å². The van der Waals surface area contributed by atoms with Crippen LogP contribution >= 0.6 is 15.9 Å². The summed E-state index contributed by atoms with van der Waals surface area (Å²) in [5.74, 6) is 0.0579. The summed E-state index contributed by atoms with van der Waals surface area (Å²) in [4.78, 5) is 16.3. The molecule has 0 bridgehead atoms. The van der Waals surface area contributed by atoms with Gasteiger partial charge in [0.05, 0.1) is 22.3 Å². The van der Waals surface area contributed by atoms with Crippen LogP contribution in [0, 0.1) is 6.92 Å². The predicted molar refractivity (Wildman–Crippen MR) is 77.3 cm³/mol. The topological polar surface area (TPSA) is 47.8 Å². The Kier molecular flexibility index (Phi) is 4.14. The highest BCUT2D eigenvalue weighted by molar-refractivity contribution is 9.10. The smallest absolute Gasteiger partial charge is 0.170 e. The number of hydrogen-bond donors (Lipinski definition) is 0. The van der Waals surface area contributed by atoms with Crippen LogP contribution in [0.3, 0.4) is 0 Å². The van der Waals surface area contributed by atoms with E-state index < -0.39 is 0 Å². The molecule has 2 aromatic heterocycles. The van der Waals surface area contributed by atoms with E-state index in [1.54, 1.807) is 17.1 Å². The van der Waals surface area contributed by atoms with Crippen molar-refractivity contribution in [2.24, 2.45) is 7.05 Å². The van der Waals surface area contributed by atoms with Crippen LogP contribution < -0.4 is 0 Å². The molecule has 0 fully saturated rings. The largest absolute Gasteiger partial charge is 0.294 e. The van der Waals surface area contributed by atoms with Crippen LogP contribution in [0.25, 0.3) is 0 Å². The van der Waals surface area contributed by atoms with Crippen LogP contribution in [-0.4, -0.2) is 20.5 Å². The first-order valence-corrected chi connectivity index (χ1v) is 6.97. The SMILES string of the molecule is CCc1nn(C)c(CC(=O)c2cncc(C)c2)c1Br. The Bertz CT molecular complexity index is 619. The lowest BCUT2D eigenvalue weighted by Crippen LogP contribution is -2.09. The van der Waals surface area contributed by atoms with Crippen molar-refractivity contribution in [1.82, 2.24) is 14.8 Å². The van der Waals surface area contributed by atoms with E-state index >= 15 is 0 Å². The minimum atomic E-state index is 0.0579. The minimum absolute atomic E-state index is 0.0579. The first-order chi connectivity index (χ1) is 9.02. The molecule has 0 aromatic carbocycles. The molecular weight excluding hydrogens is 306 g/mol. The molecule has 0 atom stereocenters. The van der Waals surface area contributed by atoms with Gasteiger partial charge in [0.15, 0.2) is 5.78 Å². The summed E-state index contributed by atoms with van der Waals surface area (Å²) in [5, 5.41) is 4.39. The Labute approximate surface area is 121 Å². The molecule has 100 valence electrons. The van der Waals surface area contributed by atoms with Crippen molar-refractivity contribution >= 4 is 21.7 Å². The van der Waals surface area contributed by atoms with Crippen molar-refractivity contribution in [3.8, 4) is 0 Å². The van der Waals surface area contributed by atoms with Gasteiger partial charge in [0.1, 0.15) is 0 Å². The molecule has 2 heterocycles. The molecule has 0 aliphatic rings. The lowest BCUT2D eigenvalue weighted by atomic mass is 10.1. The zero-order valence-electron chi connectivity index (χ0n) is 11.3. The van der Waals surface area contributed by atoms with E-state index in [4.69, 9.17) is 0 Å². The highest BCUT2D eigenvalue weighted by Gasteiger charge is 2.17. The number of aryl methyl sites for hydroxylation is 3. The molecule has 0 unspecified atom stereocenters. The molecule has 0 spiro atoms. The van der Waals surface area contributed by atoms with Gasteiger partial charge in [-0.25, -0.2) is 0 Å². The number of ketones is 1. The van der Waals surface area contributed by atoms with E-state index in [0.717, 1.165) is 27.8 Å². The average molecular weight is 322 g/mol. The zero-order valence-corrected chi connectivity index (χ0v) is 12.9. The van der Waals surface area contributed by atoms with Crippen molar-refractivity contribution in [2.75, 3.05) is 0 Å². The summed E-state index contributed by atoms with van der Waals surface area (Å²) < 4.78 is 2.70. The molecule has 0 saturated heterocycles. The van der Waals surface area contributed by atoms with Gasteiger partial charge in [-0.2, -0.15) is 5.10 Å². The van der Waals surface area contributed by atoms with Gasteiger partial charge in [-0.05, 0) is 40.9 Å². The number of hydrogen-bond acceptors (Lipinski definition) is 3. The van der Waals surface area contributed by atoms with Crippen molar-refractivity contribution in [1.29, 1.82) is 0 Å². The Morgan fingerprint density at radius 1 is 1.42 bits per heavy atom. The first-order valence-electron chi connectivity index (χ1n) is 6.18. The Morgan fingerprint density at radius 2 is 2.16 bits per heavy atom. The van der Waals surface area contributed by atoms with Gasteiger partial charge >= 0.3 is 0 Å². The van der Waals surface area contributed by atoms with Crippen LogP contribution in [0.15, 0.2) is 22.9 Å². The van der Waals surface area contributed by atoms with Crippen LogP contribution in [0.5, 0.6) is 0 Å². The summed E-state index contributed by atoms with van der Waals surface area (Å²) in [5.41, 5.74) is 3.52. The van der Waals surface area contributed by atoms with Crippen LogP contribution in [0.2, 0.25) is 0 Å². The number of carbonyl (C=O) groups is 1. The lowest BCUT2D eigenvalue weighted by Gasteiger charge is -2.03. The van der Waals surface area contributed by atoms with Crippen LogP contribution in [0.4, 0.5) is 0 Å². The second kappa shape index (κ2) is 5.65. The van der Waals surface area contributed by atoms with Gasteiger partial charge in [0, 0.05) is 25.0 Å². The Morgan fingerprint density at radius 3 is 2.74 bits per heavy atom. The standard InChI is InChI=1S/C14H16BrN3O/c1-4-11-14(15)12(18(3)17-11)6-13(19)10-5-9(2)7-16-8-10/h5,7-8H,4,6H2,1-3H3. The molecule has 0 radical (unpaired) electrons. The predicted octanol–water partition coefficient (Wildman–Crippen LogP) is 2.87. The van der Waals surface area contributed by atoms with Gasteiger partial charge < -0.3 is 0 Å². The third kappa shape index (κ3) is 2.92. The molecule has 2 aromatic rings. The molecule has 19 heavy (non-hydrogen) atoms. The van der Waals surface area contributed by atoms with Crippen LogP contribution in [-0.2, 0) is 19.9 Å². The number of aromatic nitrogens is 3. The Balaban J connectivity index is 2.27. The normalized spacial score (nSPS) is 10.7. The number of halogens is 1. The molecule has 0 aliphatic carbocycles. The van der Waals surface area contributed by atoms with Crippen molar-refractivity contribution in [3.63, 3.8) is 0 Å². The van der Waals surface area contributed by atoms with E-state index in [0.29, 0.717) is 12.0 Å². The summed E-state index contributed by atoms with van der Waals surface area (Å²) in [6.07, 6.45) is 4.52. The fourth-order valence-electron chi connectivity index (χ4n) is 1.97. The third-order valence-corrected chi connectivity index (χ3v) is 3.94. The first kappa shape index (κ1) is 13.9. The van der Waals surface area contributed by atoms with E-state index in [1.165, 1.54) is 0 Å². The third-order valence-electron chi connectivity index (χ3n) is 3.03. The summed E-state index contributed by atoms with van der Waals surface area (Å²) in [7, 11) is 1.86. The summed E-state index contributed by atoms with van der Waals surface area (Å²) in [6, 6.07) is 1.86. The highest BCUT2D eigenvalue weighted by atomic mass is 79.9. The lowest BCUT2D eigenvalue weighted by molar-refractivity contribution is 0.0990. The Hall–Kier alpha value is -1.49. The summed E-state index contributed by atoms with van der Waals surface area (Å²) >= 11 is 3.53. The molecule has 2 rings (SSSR count). The monoisotopic (exact) mass is 321 g/mol. The van der Waals surface area contributed by atoms with Gasteiger partial charge in [-0.15, -0.1) is 0 Å². The van der Waals surface area contributed by atoms with Crippen LogP contribution in [0.1, 0.15) is 34.2 Å². The molecule has 5 heteroatoms. The highest BCUT2D eigenvalue weighted by Crippen LogP contribution is 2.23. The van der Waals surface area contributed by atoms with Gasteiger partial charge in [0.25, 0.3) is 0 Å². The number of rotatable bonds is 4. The maximum absolute atomic E-state index is 12.3. The second-order valence-corrected chi connectivity index (χ2v) is 5.33. The van der Waals surface area contributed by atoms with Gasteiger partial charge in [-0.1, -0.05) is 6.92 Å². The maximum Gasteiger partial charge on any atom is 0.170 e. The quantitative estimate of drug-likeness (QED) is 0.813. The molecule has 0 aliphatic heterocycles. The number of Topliss-reactive ketones (excluding diaryl/α,β-unsaturated/α-hetero) is 1. The fourth-order valence-corrected chi connectivity index (χ4v) is 2.73.